The van der Waals surface area contributed by atoms with Crippen molar-refractivity contribution < 1.29 is 23.6 Å². The number of esters is 2. The number of carbonyl (C=O) groups is 2. The average molecular weight is 477 g/mol. The maximum absolute atomic E-state index is 15.1. The van der Waals surface area contributed by atoms with Crippen LogP contribution in [0.4, 0.5) is 0 Å². The highest BCUT2D eigenvalue weighted by Crippen LogP contribution is 2.52. The van der Waals surface area contributed by atoms with Crippen LogP contribution in [0.5, 0.6) is 0 Å². The second kappa shape index (κ2) is 12.2. The quantitative estimate of drug-likeness (QED) is 0.238. The minimum atomic E-state index is -3.57. The Labute approximate surface area is 200 Å². The second-order valence-corrected chi connectivity index (χ2v) is 10.5. The minimum absolute atomic E-state index is 0.0881. The smallest absolute Gasteiger partial charge is 0.321 e. The summed E-state index contributed by atoms with van der Waals surface area (Å²) in [5.74, 6) is -2.90. The fourth-order valence-corrected chi connectivity index (χ4v) is 7.06. The predicted molar refractivity (Wildman–Crippen MR) is 136 cm³/mol. The monoisotopic (exact) mass is 476 g/mol. The third-order valence-corrected chi connectivity index (χ3v) is 8.85. The summed E-state index contributed by atoms with van der Waals surface area (Å²) in [6, 6.07) is 27.4. The molecule has 1 atom stereocenters. The van der Waals surface area contributed by atoms with Gasteiger partial charge in [0.15, 0.2) is 13.1 Å². The minimum Gasteiger partial charge on any atom is -0.465 e. The molecule has 0 aromatic heterocycles. The van der Waals surface area contributed by atoms with Crippen molar-refractivity contribution in [3.05, 3.63) is 103 Å². The van der Waals surface area contributed by atoms with E-state index in [9.17, 15) is 9.59 Å². The summed E-state index contributed by atoms with van der Waals surface area (Å²) in [7, 11) is -3.57. The highest BCUT2D eigenvalue weighted by Gasteiger charge is 2.47. The molecule has 0 aliphatic rings. The van der Waals surface area contributed by atoms with Gasteiger partial charge in [0, 0.05) is 10.6 Å². The van der Waals surface area contributed by atoms with Crippen LogP contribution < -0.4 is 10.6 Å². The summed E-state index contributed by atoms with van der Waals surface area (Å²) < 4.78 is 25.7. The maximum atomic E-state index is 15.1. The summed E-state index contributed by atoms with van der Waals surface area (Å²) >= 11 is 0. The molecule has 176 valence electrons. The molecule has 0 saturated carbocycles. The van der Waals surface area contributed by atoms with Crippen molar-refractivity contribution in [3.8, 4) is 0 Å². The van der Waals surface area contributed by atoms with Gasteiger partial charge in [-0.05, 0) is 19.4 Å². The number of benzene rings is 3. The number of ether oxygens (including phenoxy) is 2. The molecule has 3 rings (SSSR count). The first-order valence-corrected chi connectivity index (χ1v) is 13.1. The molecule has 0 N–H and O–H groups in total. The molecule has 0 unspecified atom stereocenters. The second-order valence-electron chi connectivity index (χ2n) is 7.57. The summed E-state index contributed by atoms with van der Waals surface area (Å²) in [6.45, 7) is 3.52. The lowest BCUT2D eigenvalue weighted by Crippen LogP contribution is -2.40. The molecule has 0 saturated heterocycles. The Morgan fingerprint density at radius 3 is 1.56 bits per heavy atom. The summed E-state index contributed by atoms with van der Waals surface area (Å²) in [6.07, 6.45) is 3.48. The lowest BCUT2D eigenvalue weighted by atomic mass is 10.0. The Kier molecular flexibility index (Phi) is 9.00. The third kappa shape index (κ3) is 5.73. The SMILES string of the molecule is CCOC(=O)C(C(=O)OCC)[C@H](/C=C/c1ccccc1)P(=O)(c1ccccc1)c1ccccc1. The van der Waals surface area contributed by atoms with E-state index in [0.29, 0.717) is 10.6 Å². The zero-order valence-corrected chi connectivity index (χ0v) is 20.3. The topological polar surface area (TPSA) is 69.7 Å². The zero-order valence-electron chi connectivity index (χ0n) is 19.4. The molecular weight excluding hydrogens is 447 g/mol. The molecule has 0 amide bonds. The van der Waals surface area contributed by atoms with Crippen LogP contribution in [0.15, 0.2) is 97.1 Å². The van der Waals surface area contributed by atoms with Crippen LogP contribution in [0.1, 0.15) is 19.4 Å². The molecule has 0 bridgehead atoms. The number of carbonyl (C=O) groups excluding carboxylic acids is 2. The predicted octanol–water partition coefficient (Wildman–Crippen LogP) is 4.82. The number of hydrogen-bond acceptors (Lipinski definition) is 5. The van der Waals surface area contributed by atoms with E-state index in [1.165, 1.54) is 0 Å². The Balaban J connectivity index is 2.28. The standard InChI is InChI=1S/C28H29O5P/c1-3-32-27(29)26(28(30)33-4-2)25(21-20-22-14-8-5-9-15-22)34(31,23-16-10-6-11-17-23)24-18-12-7-13-19-24/h5-21,25-26H,3-4H2,1-2H3/b21-20+/t25-/m0/s1. The molecule has 3 aromatic carbocycles. The molecule has 34 heavy (non-hydrogen) atoms. The summed E-state index contributed by atoms with van der Waals surface area (Å²) in [5.41, 5.74) is -0.165. The van der Waals surface area contributed by atoms with Crippen LogP contribution in [0.3, 0.4) is 0 Å². The van der Waals surface area contributed by atoms with Crippen LogP contribution in [0.2, 0.25) is 0 Å². The fourth-order valence-electron chi connectivity index (χ4n) is 3.85. The first-order valence-electron chi connectivity index (χ1n) is 11.3. The number of hydrogen-bond donors (Lipinski definition) is 0. The van der Waals surface area contributed by atoms with E-state index in [1.807, 2.05) is 42.5 Å². The fraction of sp³-hybridized carbons (Fsp3) is 0.214. The van der Waals surface area contributed by atoms with Crippen LogP contribution in [-0.2, 0) is 23.6 Å². The number of allylic oxidation sites excluding steroid dienone is 1. The van der Waals surface area contributed by atoms with E-state index in [1.54, 1.807) is 74.5 Å². The van der Waals surface area contributed by atoms with Gasteiger partial charge < -0.3 is 14.0 Å². The Hall–Kier alpha value is -3.43. The van der Waals surface area contributed by atoms with E-state index in [0.717, 1.165) is 5.56 Å². The van der Waals surface area contributed by atoms with E-state index in [4.69, 9.17) is 9.47 Å². The van der Waals surface area contributed by atoms with Crippen LogP contribution >= 0.6 is 7.14 Å². The molecular formula is C28H29O5P. The van der Waals surface area contributed by atoms with Gasteiger partial charge in [0.2, 0.25) is 0 Å². The van der Waals surface area contributed by atoms with Crippen molar-refractivity contribution in [2.45, 2.75) is 19.5 Å². The molecule has 6 heteroatoms. The highest BCUT2D eigenvalue weighted by molar-refractivity contribution is 7.79. The normalized spacial score (nSPS) is 12.4. The van der Waals surface area contributed by atoms with E-state index >= 15 is 4.57 Å². The molecule has 0 spiro atoms. The summed E-state index contributed by atoms with van der Waals surface area (Å²) in [4.78, 5) is 26.3. The van der Waals surface area contributed by atoms with Gasteiger partial charge in [-0.3, -0.25) is 9.59 Å². The van der Waals surface area contributed by atoms with Crippen molar-refractivity contribution in [1.82, 2.24) is 0 Å². The zero-order chi connectivity index (χ0) is 24.4. The Morgan fingerprint density at radius 1 is 0.735 bits per heavy atom. The molecule has 0 radical (unpaired) electrons. The lowest BCUT2D eigenvalue weighted by Gasteiger charge is -2.30. The van der Waals surface area contributed by atoms with Crippen molar-refractivity contribution in [2.75, 3.05) is 13.2 Å². The van der Waals surface area contributed by atoms with Gasteiger partial charge in [0.1, 0.15) is 0 Å². The first-order chi connectivity index (χ1) is 16.5. The van der Waals surface area contributed by atoms with E-state index < -0.39 is 30.7 Å². The van der Waals surface area contributed by atoms with Crippen molar-refractivity contribution in [3.63, 3.8) is 0 Å². The van der Waals surface area contributed by atoms with Crippen molar-refractivity contribution in [1.29, 1.82) is 0 Å². The first kappa shape index (κ1) is 25.2. The van der Waals surface area contributed by atoms with E-state index in [2.05, 4.69) is 0 Å². The van der Waals surface area contributed by atoms with Gasteiger partial charge in [-0.15, -0.1) is 0 Å². The average Bonchev–Trinajstić information content (AvgIpc) is 2.88. The third-order valence-electron chi connectivity index (χ3n) is 5.41. The largest absolute Gasteiger partial charge is 0.465 e. The Bertz CT molecular complexity index is 1080. The summed E-state index contributed by atoms with van der Waals surface area (Å²) in [5, 5.41) is 1.09. The molecule has 0 heterocycles. The highest BCUT2D eigenvalue weighted by atomic mass is 31.2. The Morgan fingerprint density at radius 2 is 1.15 bits per heavy atom. The van der Waals surface area contributed by atoms with E-state index in [-0.39, 0.29) is 13.2 Å². The van der Waals surface area contributed by atoms with Crippen LogP contribution in [0, 0.1) is 5.92 Å². The molecule has 0 aliphatic carbocycles. The number of rotatable bonds is 10. The van der Waals surface area contributed by atoms with Gasteiger partial charge in [0.25, 0.3) is 0 Å². The van der Waals surface area contributed by atoms with Gasteiger partial charge in [-0.1, -0.05) is 103 Å². The molecule has 0 aliphatic heterocycles. The van der Waals surface area contributed by atoms with Crippen LogP contribution in [-0.4, -0.2) is 30.8 Å². The molecule has 5 nitrogen and oxygen atoms in total. The molecule has 0 fully saturated rings. The van der Waals surface area contributed by atoms with Gasteiger partial charge in [-0.2, -0.15) is 0 Å². The van der Waals surface area contributed by atoms with Crippen molar-refractivity contribution in [2.24, 2.45) is 5.92 Å². The molecule has 3 aromatic rings. The van der Waals surface area contributed by atoms with Crippen molar-refractivity contribution >= 4 is 35.8 Å². The van der Waals surface area contributed by atoms with Crippen LogP contribution in [0.25, 0.3) is 6.08 Å². The van der Waals surface area contributed by atoms with Gasteiger partial charge in [-0.25, -0.2) is 0 Å². The van der Waals surface area contributed by atoms with Gasteiger partial charge in [0.05, 0.1) is 18.9 Å². The maximum Gasteiger partial charge on any atom is 0.321 e. The van der Waals surface area contributed by atoms with Gasteiger partial charge >= 0.3 is 11.9 Å². The lowest BCUT2D eigenvalue weighted by molar-refractivity contribution is -0.161.